The molecule has 0 unspecified atom stereocenters. The first-order chi connectivity index (χ1) is 19.7. The van der Waals surface area contributed by atoms with Crippen LogP contribution in [0.25, 0.3) is 55.7 Å². The van der Waals surface area contributed by atoms with Gasteiger partial charge in [0.15, 0.2) is 5.65 Å². The van der Waals surface area contributed by atoms with Gasteiger partial charge in [-0.2, -0.15) is 5.10 Å². The molecule has 6 aromatic rings. The molecule has 0 aromatic carbocycles. The van der Waals surface area contributed by atoms with Gasteiger partial charge in [0.05, 0.1) is 23.3 Å². The number of nitrogens with one attached hydrogen (secondary N) is 3. The molecule has 6 aromatic heterocycles. The molecule has 0 radical (unpaired) electrons. The van der Waals surface area contributed by atoms with Gasteiger partial charge in [0.1, 0.15) is 5.69 Å². The van der Waals surface area contributed by atoms with Crippen LogP contribution in [0.15, 0.2) is 73.6 Å². The van der Waals surface area contributed by atoms with Gasteiger partial charge in [-0.25, -0.2) is 4.98 Å². The normalized spacial score (nSPS) is 14.1. The molecule has 40 heavy (non-hydrogen) atoms. The monoisotopic (exact) mass is 528 g/mol. The second kappa shape index (κ2) is 10.3. The average molecular weight is 529 g/mol. The summed E-state index contributed by atoms with van der Waals surface area (Å²) in [6.45, 7) is 0. The number of amides is 1. The quantitative estimate of drug-likeness (QED) is 0.226. The summed E-state index contributed by atoms with van der Waals surface area (Å²) in [6.07, 6.45) is 17.2. The van der Waals surface area contributed by atoms with Gasteiger partial charge >= 0.3 is 0 Å². The molecule has 7 rings (SSSR count). The van der Waals surface area contributed by atoms with E-state index in [0.717, 1.165) is 62.9 Å². The zero-order valence-corrected chi connectivity index (χ0v) is 21.9. The summed E-state index contributed by atoms with van der Waals surface area (Å²) in [5, 5.41) is 12.6. The Hall–Kier alpha value is -4.92. The molecule has 1 saturated carbocycles. The molecule has 198 valence electrons. The van der Waals surface area contributed by atoms with Gasteiger partial charge in [-0.1, -0.05) is 19.3 Å². The highest BCUT2D eigenvalue weighted by Gasteiger charge is 2.18. The Labute approximate surface area is 230 Å². The van der Waals surface area contributed by atoms with E-state index < -0.39 is 0 Å². The fraction of sp³-hybridized carbons (Fsp3) is 0.226. The second-order valence-corrected chi connectivity index (χ2v) is 10.5. The summed E-state index contributed by atoms with van der Waals surface area (Å²) in [5.41, 5.74) is 7.63. The van der Waals surface area contributed by atoms with Gasteiger partial charge in [0.2, 0.25) is 5.91 Å². The lowest BCUT2D eigenvalue weighted by atomic mass is 9.87. The molecule has 0 atom stereocenters. The highest BCUT2D eigenvalue weighted by atomic mass is 16.1. The molecule has 1 fully saturated rings. The first-order valence-electron chi connectivity index (χ1n) is 13.7. The number of H-pyrrole nitrogens is 2. The topological polar surface area (TPSA) is 125 Å². The van der Waals surface area contributed by atoms with E-state index in [4.69, 9.17) is 0 Å². The number of aromatic nitrogens is 7. The summed E-state index contributed by atoms with van der Waals surface area (Å²) in [6, 6.07) is 11.9. The highest BCUT2D eigenvalue weighted by Crippen LogP contribution is 2.34. The first kappa shape index (κ1) is 24.1. The van der Waals surface area contributed by atoms with E-state index in [2.05, 4.69) is 52.6 Å². The molecule has 1 aliphatic carbocycles. The van der Waals surface area contributed by atoms with Crippen molar-refractivity contribution in [3.8, 4) is 33.8 Å². The molecule has 0 aliphatic heterocycles. The SMILES string of the molecule is O=C(CC1CCCCC1)Nc1cncc(-c2cnc3[nH]nc(-c4cc5c(-c6ccncc6)nccc5[nH]4)c3c2)c1. The number of carbonyl (C=O) groups excluding carboxylic acids is 1. The fourth-order valence-corrected chi connectivity index (χ4v) is 5.72. The lowest BCUT2D eigenvalue weighted by Gasteiger charge is -2.20. The maximum atomic E-state index is 12.7. The summed E-state index contributed by atoms with van der Waals surface area (Å²) in [7, 11) is 0. The molecular formula is C31H28N8O. The van der Waals surface area contributed by atoms with E-state index in [1.807, 2.05) is 24.3 Å². The summed E-state index contributed by atoms with van der Waals surface area (Å²) in [5.74, 6) is 0.535. The highest BCUT2D eigenvalue weighted by molar-refractivity contribution is 6.00. The number of anilines is 1. The van der Waals surface area contributed by atoms with Crippen LogP contribution < -0.4 is 5.32 Å². The van der Waals surface area contributed by atoms with Crippen LogP contribution in [0.4, 0.5) is 5.69 Å². The zero-order valence-electron chi connectivity index (χ0n) is 21.9. The van der Waals surface area contributed by atoms with Crippen molar-refractivity contribution < 1.29 is 4.79 Å². The van der Waals surface area contributed by atoms with Gasteiger partial charge in [0.25, 0.3) is 0 Å². The van der Waals surface area contributed by atoms with Gasteiger partial charge < -0.3 is 10.3 Å². The number of pyridine rings is 4. The third kappa shape index (κ3) is 4.70. The van der Waals surface area contributed by atoms with Gasteiger partial charge in [-0.3, -0.25) is 24.8 Å². The van der Waals surface area contributed by atoms with Crippen LogP contribution in [0.3, 0.4) is 0 Å². The van der Waals surface area contributed by atoms with E-state index in [1.54, 1.807) is 37.2 Å². The van der Waals surface area contributed by atoms with Crippen LogP contribution in [-0.4, -0.2) is 41.0 Å². The number of hydrogen-bond acceptors (Lipinski definition) is 6. The Bertz CT molecular complexity index is 1820. The Balaban J connectivity index is 1.19. The van der Waals surface area contributed by atoms with Crippen molar-refractivity contribution in [3.63, 3.8) is 0 Å². The van der Waals surface area contributed by atoms with E-state index in [-0.39, 0.29) is 5.91 Å². The standard InChI is InChI=1S/C31H28N8O/c40-28(12-19-4-2-1-3-5-19)36-23-13-21(16-33-18-23)22-14-25-30(38-39-31(25)35-17-22)27-15-24-26(37-27)8-11-34-29(24)20-6-9-32-10-7-20/h6-11,13-19,37H,1-5,12H2,(H,36,40)(H,35,38,39). The van der Waals surface area contributed by atoms with Crippen LogP contribution in [0.2, 0.25) is 0 Å². The van der Waals surface area contributed by atoms with Crippen LogP contribution in [0, 0.1) is 5.92 Å². The minimum Gasteiger partial charge on any atom is -0.353 e. The zero-order chi connectivity index (χ0) is 26.9. The van der Waals surface area contributed by atoms with Crippen molar-refractivity contribution in [1.29, 1.82) is 0 Å². The Morgan fingerprint density at radius 1 is 0.825 bits per heavy atom. The molecule has 1 amide bonds. The van der Waals surface area contributed by atoms with E-state index in [1.165, 1.54) is 19.3 Å². The summed E-state index contributed by atoms with van der Waals surface area (Å²) in [4.78, 5) is 33.9. The number of fused-ring (bicyclic) bond motifs is 2. The first-order valence-corrected chi connectivity index (χ1v) is 13.7. The molecule has 3 N–H and O–H groups in total. The van der Waals surface area contributed by atoms with E-state index in [9.17, 15) is 4.79 Å². The summed E-state index contributed by atoms with van der Waals surface area (Å²) >= 11 is 0. The van der Waals surface area contributed by atoms with Crippen LogP contribution >= 0.6 is 0 Å². The Morgan fingerprint density at radius 2 is 1.68 bits per heavy atom. The molecule has 9 nitrogen and oxygen atoms in total. The van der Waals surface area contributed by atoms with Crippen molar-refractivity contribution in [1.82, 2.24) is 35.1 Å². The van der Waals surface area contributed by atoms with Gasteiger partial charge in [-0.05, 0) is 55.2 Å². The molecule has 1 aliphatic rings. The lowest BCUT2D eigenvalue weighted by molar-refractivity contribution is -0.117. The predicted molar refractivity (Wildman–Crippen MR) is 155 cm³/mol. The lowest BCUT2D eigenvalue weighted by Crippen LogP contribution is -2.18. The number of carbonyl (C=O) groups is 1. The van der Waals surface area contributed by atoms with Crippen LogP contribution in [0.5, 0.6) is 0 Å². The molecule has 0 bridgehead atoms. The minimum atomic E-state index is 0.0518. The predicted octanol–water partition coefficient (Wildman–Crippen LogP) is 6.53. The van der Waals surface area contributed by atoms with Crippen molar-refractivity contribution >= 4 is 33.5 Å². The van der Waals surface area contributed by atoms with Gasteiger partial charge in [0, 0.05) is 70.4 Å². The average Bonchev–Trinajstić information content (AvgIpc) is 3.62. The van der Waals surface area contributed by atoms with Crippen molar-refractivity contribution in [3.05, 3.63) is 73.6 Å². The van der Waals surface area contributed by atoms with Crippen LogP contribution in [0.1, 0.15) is 38.5 Å². The Morgan fingerprint density at radius 3 is 2.55 bits per heavy atom. The maximum Gasteiger partial charge on any atom is 0.224 e. The number of hydrogen-bond donors (Lipinski definition) is 3. The number of rotatable bonds is 6. The van der Waals surface area contributed by atoms with E-state index in [0.29, 0.717) is 23.7 Å². The third-order valence-electron chi connectivity index (χ3n) is 7.73. The van der Waals surface area contributed by atoms with E-state index >= 15 is 0 Å². The maximum absolute atomic E-state index is 12.7. The third-order valence-corrected chi connectivity index (χ3v) is 7.73. The summed E-state index contributed by atoms with van der Waals surface area (Å²) < 4.78 is 0. The van der Waals surface area contributed by atoms with Crippen LogP contribution in [-0.2, 0) is 4.79 Å². The van der Waals surface area contributed by atoms with Crippen molar-refractivity contribution in [2.24, 2.45) is 5.92 Å². The Kier molecular flexibility index (Phi) is 6.24. The number of aromatic amines is 2. The van der Waals surface area contributed by atoms with Crippen molar-refractivity contribution in [2.45, 2.75) is 38.5 Å². The van der Waals surface area contributed by atoms with Crippen molar-refractivity contribution in [2.75, 3.05) is 5.32 Å². The fourth-order valence-electron chi connectivity index (χ4n) is 5.72. The molecule has 0 spiro atoms. The largest absolute Gasteiger partial charge is 0.353 e. The minimum absolute atomic E-state index is 0.0518. The molecule has 9 heteroatoms. The van der Waals surface area contributed by atoms with Gasteiger partial charge in [-0.15, -0.1) is 0 Å². The molecule has 0 saturated heterocycles. The second-order valence-electron chi connectivity index (χ2n) is 10.5. The molecule has 6 heterocycles. The smallest absolute Gasteiger partial charge is 0.224 e. The molecular weight excluding hydrogens is 500 g/mol. The number of nitrogens with zero attached hydrogens (tertiary/aromatic N) is 5.